The third kappa shape index (κ3) is 4.97. The number of rotatable bonds is 6. The zero-order chi connectivity index (χ0) is 15.8. The van der Waals surface area contributed by atoms with Crippen molar-refractivity contribution in [2.24, 2.45) is 5.73 Å². The molecule has 1 aromatic rings. The summed E-state index contributed by atoms with van der Waals surface area (Å²) in [5, 5.41) is 20.1. The first-order valence-corrected chi connectivity index (χ1v) is 6.07. The second-order valence-electron chi connectivity index (χ2n) is 4.05. The Morgan fingerprint density at radius 3 is 2.76 bits per heavy atom. The van der Waals surface area contributed by atoms with E-state index in [2.05, 4.69) is 5.32 Å². The van der Waals surface area contributed by atoms with E-state index in [1.165, 1.54) is 31.2 Å². The van der Waals surface area contributed by atoms with Crippen molar-refractivity contribution >= 4 is 18.0 Å². The fourth-order valence-electron chi connectivity index (χ4n) is 1.51. The van der Waals surface area contributed by atoms with E-state index in [1.54, 1.807) is 0 Å². The highest BCUT2D eigenvalue weighted by molar-refractivity contribution is 5.96. The Hall–Kier alpha value is -2.85. The van der Waals surface area contributed by atoms with Crippen LogP contribution >= 0.6 is 0 Å². The Morgan fingerprint density at radius 1 is 1.52 bits per heavy atom. The Kier molecular flexibility index (Phi) is 5.92. The van der Waals surface area contributed by atoms with Gasteiger partial charge in [-0.05, 0) is 24.3 Å². The number of ether oxygens (including phenoxy) is 1. The van der Waals surface area contributed by atoms with Gasteiger partial charge in [0.25, 0.3) is 0 Å². The first-order chi connectivity index (χ1) is 9.97. The quantitative estimate of drug-likeness (QED) is 0.653. The summed E-state index contributed by atoms with van der Waals surface area (Å²) in [5.41, 5.74) is 5.86. The highest BCUT2D eigenvalue weighted by atomic mass is 16.5. The van der Waals surface area contributed by atoms with E-state index in [4.69, 9.17) is 20.8 Å². The van der Waals surface area contributed by atoms with E-state index in [9.17, 15) is 9.59 Å². The third-order valence-corrected chi connectivity index (χ3v) is 2.36. The molecule has 1 amide bonds. The van der Waals surface area contributed by atoms with Crippen LogP contribution in [0.1, 0.15) is 18.1 Å². The van der Waals surface area contributed by atoms with Crippen LogP contribution in [-0.2, 0) is 9.59 Å². The number of carboxylic acid groups (broad SMARTS) is 1. The largest absolute Gasteiger partial charge is 0.492 e. The number of hydrogen-bond donors (Lipinski definition) is 3. The second-order valence-corrected chi connectivity index (χ2v) is 4.05. The molecule has 7 nitrogen and oxygen atoms in total. The van der Waals surface area contributed by atoms with Crippen LogP contribution in [0.5, 0.6) is 5.75 Å². The van der Waals surface area contributed by atoms with Gasteiger partial charge in [-0.2, -0.15) is 5.26 Å². The topological polar surface area (TPSA) is 125 Å². The summed E-state index contributed by atoms with van der Waals surface area (Å²) < 4.78 is 5.39. The van der Waals surface area contributed by atoms with Gasteiger partial charge in [-0.15, -0.1) is 0 Å². The molecule has 0 unspecified atom stereocenters. The van der Waals surface area contributed by atoms with Gasteiger partial charge in [0.2, 0.25) is 5.91 Å². The van der Waals surface area contributed by atoms with Crippen molar-refractivity contribution in [2.75, 3.05) is 13.2 Å². The van der Waals surface area contributed by atoms with E-state index >= 15 is 0 Å². The number of carboxylic acids is 1. The maximum Gasteiger partial charge on any atom is 0.352 e. The minimum Gasteiger partial charge on any atom is -0.492 e. The predicted octanol–water partition coefficient (Wildman–Crippen LogP) is 0.457. The molecule has 4 N–H and O–H groups in total. The Morgan fingerprint density at radius 2 is 2.24 bits per heavy atom. The molecule has 0 aliphatic rings. The summed E-state index contributed by atoms with van der Waals surface area (Å²) in [7, 11) is 0. The fraction of sp³-hybridized carbons (Fsp3) is 0.214. The van der Waals surface area contributed by atoms with Gasteiger partial charge < -0.3 is 20.9 Å². The lowest BCUT2D eigenvalue weighted by atomic mass is 10.1. The SMILES string of the molecule is CC(=O)NC(=Cc1ccc(C#N)cc1OCCN)C(=O)O. The van der Waals surface area contributed by atoms with Crippen LogP contribution in [0.4, 0.5) is 0 Å². The molecule has 0 aromatic heterocycles. The molecule has 21 heavy (non-hydrogen) atoms. The Labute approximate surface area is 121 Å². The summed E-state index contributed by atoms with van der Waals surface area (Å²) in [6.07, 6.45) is 1.26. The number of hydrogen-bond acceptors (Lipinski definition) is 5. The van der Waals surface area contributed by atoms with E-state index in [0.29, 0.717) is 16.9 Å². The van der Waals surface area contributed by atoms with Crippen LogP contribution in [0.2, 0.25) is 0 Å². The molecule has 0 bridgehead atoms. The molecular weight excluding hydrogens is 274 g/mol. The number of aliphatic carboxylic acids is 1. The number of nitrogens with two attached hydrogens (primary N) is 1. The first-order valence-electron chi connectivity index (χ1n) is 6.07. The van der Waals surface area contributed by atoms with Crippen LogP contribution < -0.4 is 15.8 Å². The first kappa shape index (κ1) is 16.2. The van der Waals surface area contributed by atoms with Gasteiger partial charge in [0.15, 0.2) is 0 Å². The van der Waals surface area contributed by atoms with Crippen molar-refractivity contribution in [3.05, 3.63) is 35.0 Å². The molecule has 0 fully saturated rings. The Balaban J connectivity index is 3.23. The van der Waals surface area contributed by atoms with Crippen LogP contribution in [0.15, 0.2) is 23.9 Å². The average molecular weight is 289 g/mol. The number of nitrogens with zero attached hydrogens (tertiary/aromatic N) is 1. The minimum atomic E-state index is -1.28. The van der Waals surface area contributed by atoms with Gasteiger partial charge in [-0.25, -0.2) is 4.79 Å². The molecular formula is C14H15N3O4. The summed E-state index contributed by atoms with van der Waals surface area (Å²) >= 11 is 0. The van der Waals surface area contributed by atoms with Crippen LogP contribution in [0, 0.1) is 11.3 Å². The summed E-state index contributed by atoms with van der Waals surface area (Å²) in [6, 6.07) is 6.50. The van der Waals surface area contributed by atoms with Crippen molar-refractivity contribution < 1.29 is 19.4 Å². The summed E-state index contributed by atoms with van der Waals surface area (Å²) in [5.74, 6) is -1.45. The van der Waals surface area contributed by atoms with Crippen molar-refractivity contribution in [2.45, 2.75) is 6.92 Å². The normalized spacial score (nSPS) is 10.6. The minimum absolute atomic E-state index is 0.220. The maximum atomic E-state index is 11.1. The number of carbonyl (C=O) groups excluding carboxylic acids is 1. The van der Waals surface area contributed by atoms with Crippen LogP contribution in [-0.4, -0.2) is 30.1 Å². The zero-order valence-corrected chi connectivity index (χ0v) is 11.4. The van der Waals surface area contributed by atoms with Gasteiger partial charge in [0, 0.05) is 19.0 Å². The highest BCUT2D eigenvalue weighted by Gasteiger charge is 2.11. The molecule has 7 heteroatoms. The van der Waals surface area contributed by atoms with E-state index < -0.39 is 11.9 Å². The lowest BCUT2D eigenvalue weighted by Gasteiger charge is -2.10. The molecule has 0 atom stereocenters. The standard InChI is InChI=1S/C14H15N3O4/c1-9(18)17-12(14(19)20)7-11-3-2-10(8-16)6-13(11)21-5-4-15/h2-3,6-7H,4-5,15H2,1H3,(H,17,18)(H,19,20). The molecule has 0 spiro atoms. The predicted molar refractivity (Wildman–Crippen MR) is 75.1 cm³/mol. The average Bonchev–Trinajstić information content (AvgIpc) is 2.44. The van der Waals surface area contributed by atoms with Crippen molar-refractivity contribution in [1.82, 2.24) is 5.32 Å². The molecule has 110 valence electrons. The third-order valence-electron chi connectivity index (χ3n) is 2.36. The van der Waals surface area contributed by atoms with Crippen molar-refractivity contribution in [1.29, 1.82) is 5.26 Å². The molecule has 1 rings (SSSR count). The van der Waals surface area contributed by atoms with E-state index in [0.717, 1.165) is 0 Å². The van der Waals surface area contributed by atoms with Crippen molar-refractivity contribution in [3.8, 4) is 11.8 Å². The number of amides is 1. The molecule has 0 radical (unpaired) electrons. The van der Waals surface area contributed by atoms with E-state index in [1.807, 2.05) is 6.07 Å². The number of carbonyl (C=O) groups is 2. The smallest absolute Gasteiger partial charge is 0.352 e. The monoisotopic (exact) mass is 289 g/mol. The molecule has 1 aromatic carbocycles. The molecule has 0 aliphatic carbocycles. The van der Waals surface area contributed by atoms with Crippen LogP contribution in [0.3, 0.4) is 0 Å². The lowest BCUT2D eigenvalue weighted by Crippen LogP contribution is -2.24. The van der Waals surface area contributed by atoms with Gasteiger partial charge in [-0.3, -0.25) is 4.79 Å². The number of benzene rings is 1. The molecule has 0 aliphatic heterocycles. The summed E-state index contributed by atoms with van der Waals surface area (Å²) in [6.45, 7) is 1.71. The number of nitriles is 1. The van der Waals surface area contributed by atoms with Gasteiger partial charge >= 0.3 is 5.97 Å². The Bertz CT molecular complexity index is 617. The lowest BCUT2D eigenvalue weighted by molar-refractivity contribution is -0.134. The summed E-state index contributed by atoms with van der Waals surface area (Å²) in [4.78, 5) is 22.1. The highest BCUT2D eigenvalue weighted by Crippen LogP contribution is 2.22. The number of nitrogens with one attached hydrogen (secondary N) is 1. The van der Waals surface area contributed by atoms with Gasteiger partial charge in [-0.1, -0.05) is 0 Å². The molecule has 0 heterocycles. The molecule has 0 saturated heterocycles. The van der Waals surface area contributed by atoms with Gasteiger partial charge in [0.1, 0.15) is 18.1 Å². The maximum absolute atomic E-state index is 11.1. The van der Waals surface area contributed by atoms with Crippen molar-refractivity contribution in [3.63, 3.8) is 0 Å². The fourth-order valence-corrected chi connectivity index (χ4v) is 1.51. The zero-order valence-electron chi connectivity index (χ0n) is 11.4. The molecule has 0 saturated carbocycles. The van der Waals surface area contributed by atoms with Crippen LogP contribution in [0.25, 0.3) is 6.08 Å². The van der Waals surface area contributed by atoms with Gasteiger partial charge in [0.05, 0.1) is 11.6 Å². The van der Waals surface area contributed by atoms with E-state index in [-0.39, 0.29) is 18.8 Å². The second kappa shape index (κ2) is 7.67.